The van der Waals surface area contributed by atoms with Crippen molar-refractivity contribution in [2.75, 3.05) is 32.5 Å². The van der Waals surface area contributed by atoms with Crippen molar-refractivity contribution in [2.24, 2.45) is 0 Å². The lowest BCUT2D eigenvalue weighted by molar-refractivity contribution is 0.156. The number of anilines is 1. The second-order valence-corrected chi connectivity index (χ2v) is 6.11. The smallest absolute Gasteiger partial charge is 0.321 e. The Morgan fingerprint density at radius 3 is 2.35 bits per heavy atom. The third-order valence-corrected chi connectivity index (χ3v) is 4.11. The number of halogens is 2. The van der Waals surface area contributed by atoms with Crippen LogP contribution in [0.3, 0.4) is 0 Å². The van der Waals surface area contributed by atoms with Gasteiger partial charge in [0.1, 0.15) is 0 Å². The van der Waals surface area contributed by atoms with Crippen LogP contribution in [0.15, 0.2) is 18.2 Å². The molecule has 1 aliphatic rings. The van der Waals surface area contributed by atoms with Crippen LogP contribution >= 0.6 is 23.2 Å². The molecule has 6 heteroatoms. The number of nitrogens with zero attached hydrogens (tertiary/aromatic N) is 2. The number of hydrogen-bond acceptors (Lipinski definition) is 2. The first kappa shape index (κ1) is 15.4. The molecule has 20 heavy (non-hydrogen) atoms. The number of nitrogens with one attached hydrogen (secondary N) is 1. The first-order valence-electron chi connectivity index (χ1n) is 6.64. The van der Waals surface area contributed by atoms with Crippen molar-refractivity contribution in [2.45, 2.75) is 18.9 Å². The summed E-state index contributed by atoms with van der Waals surface area (Å²) >= 11 is 11.8. The Morgan fingerprint density at radius 2 is 1.80 bits per heavy atom. The molecular formula is C14H19Cl2N3O. The Morgan fingerprint density at radius 1 is 1.25 bits per heavy atom. The van der Waals surface area contributed by atoms with Gasteiger partial charge in [-0.3, -0.25) is 0 Å². The van der Waals surface area contributed by atoms with Crippen molar-refractivity contribution in [3.05, 3.63) is 28.2 Å². The standard InChI is InChI=1S/C14H19Cl2N3O/c1-18-5-3-13(4-6-18)19(2)14(20)17-12-8-10(15)7-11(16)9-12/h7-9,13H,3-6H2,1-2H3,(H,17,20). The van der Waals surface area contributed by atoms with Crippen molar-refractivity contribution < 1.29 is 4.79 Å². The minimum absolute atomic E-state index is 0.127. The maximum Gasteiger partial charge on any atom is 0.321 e. The average molecular weight is 316 g/mol. The zero-order valence-corrected chi connectivity index (χ0v) is 13.2. The number of carbonyl (C=O) groups is 1. The molecule has 1 aliphatic heterocycles. The molecule has 0 spiro atoms. The van der Waals surface area contributed by atoms with Gasteiger partial charge in [-0.05, 0) is 51.2 Å². The normalized spacial score (nSPS) is 17.0. The van der Waals surface area contributed by atoms with E-state index in [1.54, 1.807) is 23.1 Å². The fourth-order valence-electron chi connectivity index (χ4n) is 2.39. The van der Waals surface area contributed by atoms with E-state index >= 15 is 0 Å². The highest BCUT2D eigenvalue weighted by atomic mass is 35.5. The molecule has 1 aromatic rings. The predicted octanol–water partition coefficient (Wildman–Crippen LogP) is 3.55. The third-order valence-electron chi connectivity index (χ3n) is 3.67. The van der Waals surface area contributed by atoms with E-state index in [-0.39, 0.29) is 12.1 Å². The number of hydrogen-bond donors (Lipinski definition) is 1. The molecule has 0 bridgehead atoms. The summed E-state index contributed by atoms with van der Waals surface area (Å²) in [6, 6.07) is 5.17. The van der Waals surface area contributed by atoms with Gasteiger partial charge >= 0.3 is 6.03 Å². The summed E-state index contributed by atoms with van der Waals surface area (Å²) in [6.45, 7) is 2.04. The molecule has 1 N–H and O–H groups in total. The van der Waals surface area contributed by atoms with Gasteiger partial charge in [-0.2, -0.15) is 0 Å². The molecule has 4 nitrogen and oxygen atoms in total. The molecule has 2 rings (SSSR count). The SMILES string of the molecule is CN1CCC(N(C)C(=O)Nc2cc(Cl)cc(Cl)c2)CC1. The number of piperidine rings is 1. The summed E-state index contributed by atoms with van der Waals surface area (Å²) in [7, 11) is 3.93. The van der Waals surface area contributed by atoms with Crippen molar-refractivity contribution in [1.82, 2.24) is 9.80 Å². The van der Waals surface area contributed by atoms with Gasteiger partial charge in [-0.1, -0.05) is 23.2 Å². The summed E-state index contributed by atoms with van der Waals surface area (Å²) in [6.07, 6.45) is 1.99. The Hall–Kier alpha value is -0.970. The maximum absolute atomic E-state index is 12.2. The molecule has 0 atom stereocenters. The van der Waals surface area contributed by atoms with Crippen LogP contribution in [-0.4, -0.2) is 49.1 Å². The first-order chi connectivity index (χ1) is 9.45. The topological polar surface area (TPSA) is 35.6 Å². The monoisotopic (exact) mass is 315 g/mol. The summed E-state index contributed by atoms with van der Waals surface area (Å²) in [5.74, 6) is 0. The second kappa shape index (κ2) is 6.66. The number of likely N-dealkylation sites (tertiary alicyclic amines) is 1. The average Bonchev–Trinajstić information content (AvgIpc) is 2.37. The lowest BCUT2D eigenvalue weighted by Crippen LogP contribution is -2.46. The molecular weight excluding hydrogens is 297 g/mol. The van der Waals surface area contributed by atoms with E-state index in [0.29, 0.717) is 15.7 Å². The van der Waals surface area contributed by atoms with Crippen LogP contribution in [0.2, 0.25) is 10.0 Å². The molecule has 0 saturated carbocycles. The zero-order chi connectivity index (χ0) is 14.7. The van der Waals surface area contributed by atoms with Gasteiger partial charge in [0.2, 0.25) is 0 Å². The van der Waals surface area contributed by atoms with Crippen LogP contribution in [0.25, 0.3) is 0 Å². The molecule has 0 radical (unpaired) electrons. The summed E-state index contributed by atoms with van der Waals surface area (Å²) in [4.78, 5) is 16.3. The molecule has 2 amide bonds. The van der Waals surface area contributed by atoms with E-state index < -0.39 is 0 Å². The number of rotatable bonds is 2. The number of amides is 2. The first-order valence-corrected chi connectivity index (χ1v) is 7.40. The lowest BCUT2D eigenvalue weighted by Gasteiger charge is -2.35. The predicted molar refractivity (Wildman–Crippen MR) is 83.8 cm³/mol. The van der Waals surface area contributed by atoms with Crippen LogP contribution in [-0.2, 0) is 0 Å². The Balaban J connectivity index is 1.97. The Labute approximate surface area is 129 Å². The van der Waals surface area contributed by atoms with E-state index in [0.717, 1.165) is 25.9 Å². The van der Waals surface area contributed by atoms with Crippen molar-refractivity contribution in [3.63, 3.8) is 0 Å². The van der Waals surface area contributed by atoms with Crippen molar-refractivity contribution in [1.29, 1.82) is 0 Å². The third kappa shape index (κ3) is 4.01. The van der Waals surface area contributed by atoms with E-state index in [1.165, 1.54) is 0 Å². The van der Waals surface area contributed by atoms with Crippen LogP contribution in [0.1, 0.15) is 12.8 Å². The minimum atomic E-state index is -0.127. The summed E-state index contributed by atoms with van der Waals surface area (Å²) in [5, 5.41) is 3.85. The van der Waals surface area contributed by atoms with Gasteiger partial charge in [0.15, 0.2) is 0 Å². The van der Waals surface area contributed by atoms with Gasteiger partial charge in [-0.25, -0.2) is 4.79 Å². The van der Waals surface area contributed by atoms with E-state index in [4.69, 9.17) is 23.2 Å². The number of urea groups is 1. The van der Waals surface area contributed by atoms with Crippen LogP contribution in [0.5, 0.6) is 0 Å². The fourth-order valence-corrected chi connectivity index (χ4v) is 2.91. The lowest BCUT2D eigenvalue weighted by atomic mass is 10.0. The molecule has 1 heterocycles. The maximum atomic E-state index is 12.2. The van der Waals surface area contributed by atoms with Crippen molar-refractivity contribution in [3.8, 4) is 0 Å². The molecule has 1 fully saturated rings. The zero-order valence-electron chi connectivity index (χ0n) is 11.7. The number of benzene rings is 1. The second-order valence-electron chi connectivity index (χ2n) is 5.23. The summed E-state index contributed by atoms with van der Waals surface area (Å²) < 4.78 is 0. The van der Waals surface area contributed by atoms with Gasteiger partial charge in [0, 0.05) is 28.8 Å². The van der Waals surface area contributed by atoms with Gasteiger partial charge < -0.3 is 15.1 Å². The Kier molecular flexibility index (Phi) is 5.13. The highest BCUT2D eigenvalue weighted by molar-refractivity contribution is 6.35. The highest BCUT2D eigenvalue weighted by Gasteiger charge is 2.23. The molecule has 0 unspecified atom stereocenters. The largest absolute Gasteiger partial charge is 0.325 e. The molecule has 1 aromatic carbocycles. The highest BCUT2D eigenvalue weighted by Crippen LogP contribution is 2.23. The number of carbonyl (C=O) groups excluding carboxylic acids is 1. The Bertz CT molecular complexity index is 467. The fraction of sp³-hybridized carbons (Fsp3) is 0.500. The molecule has 1 saturated heterocycles. The molecule has 110 valence electrons. The molecule has 0 aliphatic carbocycles. The van der Waals surface area contributed by atoms with E-state index in [2.05, 4.69) is 17.3 Å². The van der Waals surface area contributed by atoms with Crippen LogP contribution in [0.4, 0.5) is 10.5 Å². The van der Waals surface area contributed by atoms with Gasteiger partial charge in [-0.15, -0.1) is 0 Å². The quantitative estimate of drug-likeness (QED) is 0.906. The summed E-state index contributed by atoms with van der Waals surface area (Å²) in [5.41, 5.74) is 0.618. The van der Waals surface area contributed by atoms with Crippen LogP contribution in [0, 0.1) is 0 Å². The van der Waals surface area contributed by atoms with E-state index in [1.807, 2.05) is 7.05 Å². The van der Waals surface area contributed by atoms with Crippen molar-refractivity contribution >= 4 is 34.9 Å². The van der Waals surface area contributed by atoms with Crippen LogP contribution < -0.4 is 5.32 Å². The minimum Gasteiger partial charge on any atom is -0.325 e. The van der Waals surface area contributed by atoms with E-state index in [9.17, 15) is 4.79 Å². The van der Waals surface area contributed by atoms with Gasteiger partial charge in [0.05, 0.1) is 0 Å². The van der Waals surface area contributed by atoms with Gasteiger partial charge in [0.25, 0.3) is 0 Å². The molecule has 0 aromatic heterocycles.